The van der Waals surface area contributed by atoms with Crippen molar-refractivity contribution in [2.45, 2.75) is 13.1 Å². The highest BCUT2D eigenvalue weighted by Gasteiger charge is 2.14. The number of carbonyl (C=O) groups is 3. The minimum absolute atomic E-state index is 0.0260. The summed E-state index contributed by atoms with van der Waals surface area (Å²) in [5.41, 5.74) is 3.98. The van der Waals surface area contributed by atoms with Gasteiger partial charge in [-0.3, -0.25) is 14.3 Å². The Bertz CT molecular complexity index is 1640. The van der Waals surface area contributed by atoms with Crippen molar-refractivity contribution in [3.05, 3.63) is 95.8 Å². The number of aryl methyl sites for hydroxylation is 1. The Morgan fingerprint density at radius 2 is 1.73 bits per heavy atom. The zero-order valence-electron chi connectivity index (χ0n) is 20.4. The monoisotopic (exact) mass is 495 g/mol. The van der Waals surface area contributed by atoms with Crippen LogP contribution in [0.2, 0.25) is 0 Å². The maximum atomic E-state index is 13.0. The van der Waals surface area contributed by atoms with Crippen LogP contribution in [0.5, 0.6) is 0 Å². The molecule has 0 spiro atoms. The molecule has 0 aliphatic carbocycles. The van der Waals surface area contributed by atoms with Gasteiger partial charge in [0.2, 0.25) is 5.91 Å². The second kappa shape index (κ2) is 9.98. The number of benzene rings is 3. The van der Waals surface area contributed by atoms with Crippen LogP contribution in [-0.4, -0.2) is 39.2 Å². The Kier molecular flexibility index (Phi) is 6.42. The lowest BCUT2D eigenvalue weighted by Crippen LogP contribution is -2.23. The predicted octanol–water partition coefficient (Wildman–Crippen LogP) is 3.88. The van der Waals surface area contributed by atoms with E-state index in [2.05, 4.69) is 26.4 Å². The molecule has 0 unspecified atom stereocenters. The van der Waals surface area contributed by atoms with E-state index in [1.807, 2.05) is 37.4 Å². The van der Waals surface area contributed by atoms with Gasteiger partial charge in [0, 0.05) is 59.0 Å². The lowest BCUT2D eigenvalue weighted by Gasteiger charge is -2.12. The molecule has 0 aliphatic heterocycles. The van der Waals surface area contributed by atoms with Crippen molar-refractivity contribution in [1.82, 2.24) is 19.7 Å². The molecule has 0 atom stereocenters. The zero-order valence-corrected chi connectivity index (χ0v) is 20.4. The van der Waals surface area contributed by atoms with E-state index >= 15 is 0 Å². The lowest BCUT2D eigenvalue weighted by atomic mass is 10.1. The van der Waals surface area contributed by atoms with Gasteiger partial charge in [0.05, 0.1) is 12.7 Å². The van der Waals surface area contributed by atoms with Gasteiger partial charge in [-0.15, -0.1) is 0 Å². The Labute approximate surface area is 212 Å². The third-order valence-electron chi connectivity index (χ3n) is 6.19. The smallest absolute Gasteiger partial charge is 0.337 e. The number of aromatic nitrogens is 3. The standard InChI is InChI=1S/C28H25N5O4/c1-32-24-7-4-3-6-22(24)23-15-19(8-9-25(23)32)27(35)29-16-18-12-20(28(36)37-2)14-21(13-18)31-26(34)17-33-11-5-10-30-33/h3-15H,16-17H2,1-2H3,(H,29,35)(H,31,34). The van der Waals surface area contributed by atoms with Gasteiger partial charge in [0.15, 0.2) is 0 Å². The van der Waals surface area contributed by atoms with Crippen LogP contribution < -0.4 is 10.6 Å². The highest BCUT2D eigenvalue weighted by Crippen LogP contribution is 2.28. The molecule has 2 amide bonds. The maximum absolute atomic E-state index is 13.0. The molecule has 2 N–H and O–H groups in total. The molecule has 0 aliphatic rings. The summed E-state index contributed by atoms with van der Waals surface area (Å²) in [7, 11) is 3.29. The predicted molar refractivity (Wildman–Crippen MR) is 140 cm³/mol. The number of fused-ring (bicyclic) bond motifs is 3. The van der Waals surface area contributed by atoms with Crippen LogP contribution in [0.25, 0.3) is 21.8 Å². The van der Waals surface area contributed by atoms with E-state index in [1.54, 1.807) is 36.7 Å². The van der Waals surface area contributed by atoms with E-state index in [0.29, 0.717) is 16.8 Å². The number of rotatable bonds is 7. The number of methoxy groups -OCH3 is 1. The molecule has 5 rings (SSSR count). The number of amides is 2. The maximum Gasteiger partial charge on any atom is 0.337 e. The van der Waals surface area contributed by atoms with Crippen molar-refractivity contribution in [3.8, 4) is 0 Å². The number of hydrogen-bond donors (Lipinski definition) is 2. The van der Waals surface area contributed by atoms with Crippen LogP contribution >= 0.6 is 0 Å². The Balaban J connectivity index is 1.35. The summed E-state index contributed by atoms with van der Waals surface area (Å²) in [6.07, 6.45) is 3.27. The number of ether oxygens (including phenoxy) is 1. The van der Waals surface area contributed by atoms with Gasteiger partial charge in [0.25, 0.3) is 5.91 Å². The summed E-state index contributed by atoms with van der Waals surface area (Å²) in [6, 6.07) is 20.3. The fourth-order valence-electron chi connectivity index (χ4n) is 4.44. The first-order valence-corrected chi connectivity index (χ1v) is 11.7. The minimum Gasteiger partial charge on any atom is -0.465 e. The van der Waals surface area contributed by atoms with E-state index in [1.165, 1.54) is 17.9 Å². The number of hydrogen-bond acceptors (Lipinski definition) is 5. The van der Waals surface area contributed by atoms with E-state index in [0.717, 1.165) is 21.8 Å². The molecular formula is C28H25N5O4. The van der Waals surface area contributed by atoms with Crippen molar-refractivity contribution in [2.75, 3.05) is 12.4 Å². The van der Waals surface area contributed by atoms with Crippen LogP contribution in [-0.2, 0) is 29.7 Å². The van der Waals surface area contributed by atoms with Gasteiger partial charge in [-0.05, 0) is 54.1 Å². The molecule has 2 heterocycles. The summed E-state index contributed by atoms with van der Waals surface area (Å²) in [4.78, 5) is 37.7. The molecular weight excluding hydrogens is 470 g/mol. The van der Waals surface area contributed by atoms with Crippen molar-refractivity contribution < 1.29 is 19.1 Å². The second-order valence-electron chi connectivity index (χ2n) is 8.65. The number of esters is 1. The molecule has 186 valence electrons. The Morgan fingerprint density at radius 3 is 2.51 bits per heavy atom. The average Bonchev–Trinajstić information content (AvgIpc) is 3.52. The first-order valence-electron chi connectivity index (χ1n) is 11.7. The molecule has 0 fully saturated rings. The van der Waals surface area contributed by atoms with Crippen LogP contribution in [0.4, 0.5) is 5.69 Å². The van der Waals surface area contributed by atoms with Crippen LogP contribution in [0, 0.1) is 0 Å². The van der Waals surface area contributed by atoms with E-state index < -0.39 is 5.97 Å². The number of anilines is 1. The summed E-state index contributed by atoms with van der Waals surface area (Å²) in [6.45, 7) is 0.178. The molecule has 5 aromatic rings. The summed E-state index contributed by atoms with van der Waals surface area (Å²) >= 11 is 0. The fourth-order valence-corrected chi connectivity index (χ4v) is 4.44. The van der Waals surface area contributed by atoms with Gasteiger partial charge in [-0.1, -0.05) is 18.2 Å². The van der Waals surface area contributed by atoms with E-state index in [-0.39, 0.29) is 30.5 Å². The summed E-state index contributed by atoms with van der Waals surface area (Å²) in [5.74, 6) is -1.09. The van der Waals surface area contributed by atoms with Gasteiger partial charge < -0.3 is 19.9 Å². The van der Waals surface area contributed by atoms with Crippen molar-refractivity contribution in [3.63, 3.8) is 0 Å². The summed E-state index contributed by atoms with van der Waals surface area (Å²) < 4.78 is 8.45. The summed E-state index contributed by atoms with van der Waals surface area (Å²) in [5, 5.41) is 11.8. The molecule has 0 bridgehead atoms. The van der Waals surface area contributed by atoms with Gasteiger partial charge in [-0.2, -0.15) is 5.10 Å². The molecule has 9 heteroatoms. The van der Waals surface area contributed by atoms with E-state index in [4.69, 9.17) is 4.74 Å². The molecule has 0 saturated heterocycles. The van der Waals surface area contributed by atoms with Crippen molar-refractivity contribution >= 4 is 45.3 Å². The molecule has 0 saturated carbocycles. The molecule has 2 aromatic heterocycles. The fraction of sp³-hybridized carbons (Fsp3) is 0.143. The lowest BCUT2D eigenvalue weighted by molar-refractivity contribution is -0.116. The van der Waals surface area contributed by atoms with E-state index in [9.17, 15) is 14.4 Å². The van der Waals surface area contributed by atoms with Crippen LogP contribution in [0.15, 0.2) is 79.1 Å². The largest absolute Gasteiger partial charge is 0.465 e. The number of carbonyl (C=O) groups excluding carboxylic acids is 3. The van der Waals surface area contributed by atoms with Crippen molar-refractivity contribution in [2.24, 2.45) is 7.05 Å². The normalized spacial score (nSPS) is 11.0. The van der Waals surface area contributed by atoms with Crippen LogP contribution in [0.3, 0.4) is 0 Å². The zero-order chi connectivity index (χ0) is 25.9. The first-order chi connectivity index (χ1) is 17.9. The van der Waals surface area contributed by atoms with Gasteiger partial charge in [-0.25, -0.2) is 4.79 Å². The number of para-hydroxylation sites is 1. The molecule has 9 nitrogen and oxygen atoms in total. The molecule has 0 radical (unpaired) electrons. The highest BCUT2D eigenvalue weighted by atomic mass is 16.5. The Morgan fingerprint density at radius 1 is 0.919 bits per heavy atom. The average molecular weight is 496 g/mol. The highest BCUT2D eigenvalue weighted by molar-refractivity contribution is 6.10. The van der Waals surface area contributed by atoms with Gasteiger partial charge >= 0.3 is 5.97 Å². The number of nitrogens with one attached hydrogen (secondary N) is 2. The first kappa shape index (κ1) is 23.8. The van der Waals surface area contributed by atoms with Gasteiger partial charge in [0.1, 0.15) is 6.54 Å². The second-order valence-corrected chi connectivity index (χ2v) is 8.65. The minimum atomic E-state index is -0.544. The topological polar surface area (TPSA) is 107 Å². The molecule has 37 heavy (non-hydrogen) atoms. The van der Waals surface area contributed by atoms with Crippen LogP contribution in [0.1, 0.15) is 26.3 Å². The quantitative estimate of drug-likeness (QED) is 0.333. The third-order valence-corrected chi connectivity index (χ3v) is 6.19. The third kappa shape index (κ3) is 4.92. The number of nitrogens with zero attached hydrogens (tertiary/aromatic N) is 3. The SMILES string of the molecule is COC(=O)c1cc(CNC(=O)c2ccc3c(c2)c2ccccc2n3C)cc(NC(=O)Cn2cccn2)c1. The Hall–Kier alpha value is -4.92. The van der Waals surface area contributed by atoms with Crippen molar-refractivity contribution in [1.29, 1.82) is 0 Å². The molecule has 3 aromatic carbocycles.